The molecule has 444 valence electrons. The average Bonchev–Trinajstić information content (AvgIpc) is 4.05. The largest absolute Gasteiger partial charge is 0.347 e. The van der Waals surface area contributed by atoms with E-state index in [2.05, 4.69) is 31.9 Å². The van der Waals surface area contributed by atoms with E-state index in [1.807, 2.05) is 90.1 Å². The van der Waals surface area contributed by atoms with Gasteiger partial charge in [0.1, 0.15) is 24.2 Å². The van der Waals surface area contributed by atoms with Crippen molar-refractivity contribution >= 4 is 65.9 Å². The minimum Gasteiger partial charge on any atom is -0.347 e. The minimum absolute atomic E-state index is 0.0428. The third-order valence-corrected chi connectivity index (χ3v) is 20.9. The smallest absolute Gasteiger partial charge is 0.246 e. The maximum Gasteiger partial charge on any atom is 0.246 e. The van der Waals surface area contributed by atoms with Crippen LogP contribution in [0, 0.1) is 22.7 Å². The Bertz CT molecular complexity index is 3090. The number of nitrogens with zero attached hydrogens (tertiary/aromatic N) is 2. The molecule has 6 amide bonds. The van der Waals surface area contributed by atoms with Crippen molar-refractivity contribution in [1.82, 2.24) is 41.7 Å². The number of aryl methyl sites for hydroxylation is 2. The van der Waals surface area contributed by atoms with Crippen molar-refractivity contribution in [2.24, 2.45) is 22.7 Å². The number of rotatable bonds is 18. The number of hydrogen-bond donors (Lipinski definition) is 6. The molecule has 4 aromatic rings. The fourth-order valence-electron chi connectivity index (χ4n) is 12.2. The monoisotopic (exact) mass is 1160 g/mol. The van der Waals surface area contributed by atoms with Gasteiger partial charge in [-0.05, 0) is 159 Å². The van der Waals surface area contributed by atoms with E-state index in [1.165, 1.54) is 34.1 Å². The molecule has 82 heavy (non-hydrogen) atoms. The van der Waals surface area contributed by atoms with Gasteiger partial charge < -0.3 is 41.7 Å². The molecule has 6 N–H and O–H groups in total. The lowest BCUT2D eigenvalue weighted by atomic mass is 9.85. The van der Waals surface area contributed by atoms with Gasteiger partial charge in [-0.25, -0.2) is 16.8 Å². The third kappa shape index (κ3) is 13.9. The van der Waals surface area contributed by atoms with E-state index in [1.54, 1.807) is 40.1 Å². The van der Waals surface area contributed by atoms with Gasteiger partial charge in [-0.15, -0.1) is 0 Å². The van der Waals surface area contributed by atoms with Crippen LogP contribution in [0.15, 0.2) is 94.7 Å². The number of hydrogen-bond acceptors (Lipinski definition) is 12. The molecule has 8 rings (SSSR count). The highest BCUT2D eigenvalue weighted by Crippen LogP contribution is 2.37. The topological polar surface area (TPSA) is 249 Å². The van der Waals surface area contributed by atoms with Crippen LogP contribution < -0.4 is 31.9 Å². The number of carbonyl (C=O) groups is 6. The molecule has 1 unspecified atom stereocenters. The second-order valence-corrected chi connectivity index (χ2v) is 29.5. The van der Waals surface area contributed by atoms with E-state index >= 15 is 0 Å². The van der Waals surface area contributed by atoms with Crippen LogP contribution in [-0.4, -0.2) is 137 Å². The first-order chi connectivity index (χ1) is 38.6. The first kappa shape index (κ1) is 61.8. The molecular weight excluding hydrogens is 1080 g/mol. The predicted octanol–water partition coefficient (Wildman–Crippen LogP) is 5.49. The van der Waals surface area contributed by atoms with Gasteiger partial charge in [0.15, 0.2) is 19.7 Å². The van der Waals surface area contributed by atoms with Gasteiger partial charge in [-0.1, -0.05) is 102 Å². The van der Waals surface area contributed by atoms with Crippen LogP contribution >= 0.6 is 0 Å². The van der Waals surface area contributed by atoms with Gasteiger partial charge in [0.2, 0.25) is 35.4 Å². The maximum absolute atomic E-state index is 14.8. The number of carbonyl (C=O) groups excluding carboxylic acids is 6. The summed E-state index contributed by atoms with van der Waals surface area (Å²) in [6.07, 6.45) is 4.94. The van der Waals surface area contributed by atoms with Crippen LogP contribution in [-0.2, 0) is 61.3 Å². The molecule has 0 radical (unpaired) electrons. The van der Waals surface area contributed by atoms with Crippen molar-refractivity contribution in [3.05, 3.63) is 107 Å². The molecule has 4 aliphatic rings. The number of amides is 6. The van der Waals surface area contributed by atoms with E-state index in [4.69, 9.17) is 0 Å². The number of likely N-dealkylation sites (tertiary alicyclic amines) is 2. The summed E-state index contributed by atoms with van der Waals surface area (Å²) < 4.78 is 58.4. The zero-order valence-corrected chi connectivity index (χ0v) is 50.8. The third-order valence-electron chi connectivity index (χ3n) is 17.2. The highest BCUT2D eigenvalue weighted by atomic mass is 32.2. The molecule has 20 heteroatoms. The molecule has 0 spiro atoms. The molecule has 2 aliphatic carbocycles. The number of sulfone groups is 2. The Balaban J connectivity index is 1.03. The van der Waals surface area contributed by atoms with Crippen molar-refractivity contribution in [2.75, 3.05) is 38.7 Å². The summed E-state index contributed by atoms with van der Waals surface area (Å²) in [7, 11) is -5.01. The summed E-state index contributed by atoms with van der Waals surface area (Å²) in [5, 5.41) is 18.9. The van der Waals surface area contributed by atoms with Gasteiger partial charge in [0, 0.05) is 13.1 Å². The first-order valence-corrected chi connectivity index (χ1v) is 32.2. The van der Waals surface area contributed by atoms with Crippen LogP contribution in [0.2, 0.25) is 0 Å². The van der Waals surface area contributed by atoms with Crippen LogP contribution in [0.5, 0.6) is 0 Å². The Labute approximate surface area is 484 Å². The van der Waals surface area contributed by atoms with E-state index in [9.17, 15) is 45.6 Å². The lowest BCUT2D eigenvalue weighted by molar-refractivity contribution is -0.144. The first-order valence-electron chi connectivity index (χ1n) is 28.9. The molecule has 0 aromatic heterocycles. The van der Waals surface area contributed by atoms with Crippen LogP contribution in [0.25, 0.3) is 10.8 Å². The zero-order chi connectivity index (χ0) is 59.6. The van der Waals surface area contributed by atoms with Crippen molar-refractivity contribution in [1.29, 1.82) is 0 Å². The summed E-state index contributed by atoms with van der Waals surface area (Å²) in [5.41, 5.74) is 2.70. The molecule has 10 atom stereocenters. The Hall–Kier alpha value is -6.22. The van der Waals surface area contributed by atoms with Crippen molar-refractivity contribution in [2.45, 2.75) is 165 Å². The summed E-state index contributed by atoms with van der Waals surface area (Å²) >= 11 is 0. The number of nitrogens with one attached hydrogen (secondary N) is 6. The normalized spacial score (nSPS) is 22.7. The fraction of sp³-hybridized carbons (Fsp3) is 0.548. The number of likely N-dealkylation sites (N-methyl/N-ethyl adjacent to an activating group) is 2. The number of benzene rings is 4. The van der Waals surface area contributed by atoms with Crippen molar-refractivity contribution < 1.29 is 45.6 Å². The maximum atomic E-state index is 14.8. The van der Waals surface area contributed by atoms with Gasteiger partial charge in [-0.2, -0.15) is 0 Å². The van der Waals surface area contributed by atoms with E-state index in [0.29, 0.717) is 23.6 Å². The second kappa shape index (κ2) is 24.9. The van der Waals surface area contributed by atoms with Crippen molar-refractivity contribution in [3.8, 4) is 0 Å². The Morgan fingerprint density at radius 2 is 0.927 bits per heavy atom. The standard InChI is InChI=1S/C62H84N8O10S2/c1-37(63-9)55(71)67-53(61(3,4)5)59(75)69-33-39(29-51(69)57(73)65-49-23-15-19-42-17-11-13-21-47(42)49)35-81(77,78)45-27-25-41-26-28-46(32-44(41)31-45)82(79,80)36-40-30-52(58(74)66-50-24-16-20-43-18-12-14-22-48(43)50)70(34-40)60(76)54(62(6,7)8)68-56(72)38(2)64-10/h11-14,17-18,21-22,25-28,31-32,37-40,49-54,63-64H,15-16,19-20,23-24,29-30,33-36H2,1-10H3,(H,65,73)(H,66,74)(H,67,71)(H,68,72)/t37-,38-,39-,40-,49+,50+,51-,52-,53+,54?/m0/s1. The lowest BCUT2D eigenvalue weighted by Crippen LogP contribution is -2.59. The quantitative estimate of drug-likeness (QED) is 0.0725. The van der Waals surface area contributed by atoms with Crippen LogP contribution in [0.4, 0.5) is 0 Å². The summed E-state index contributed by atoms with van der Waals surface area (Å²) in [5.74, 6) is -4.83. The van der Waals surface area contributed by atoms with Gasteiger partial charge in [0.05, 0.1) is 45.5 Å². The molecule has 2 heterocycles. The van der Waals surface area contributed by atoms with Gasteiger partial charge in [-0.3, -0.25) is 28.8 Å². The predicted molar refractivity (Wildman–Crippen MR) is 316 cm³/mol. The zero-order valence-electron chi connectivity index (χ0n) is 49.1. The van der Waals surface area contributed by atoms with E-state index in [0.717, 1.165) is 47.9 Å². The number of fused-ring (bicyclic) bond motifs is 3. The van der Waals surface area contributed by atoms with E-state index < -0.39 is 126 Å². The Morgan fingerprint density at radius 1 is 0.549 bits per heavy atom. The summed E-state index contributed by atoms with van der Waals surface area (Å²) in [6.45, 7) is 14.1. The summed E-state index contributed by atoms with van der Waals surface area (Å²) in [4.78, 5) is 87.9. The average molecular weight is 1170 g/mol. The molecule has 4 aromatic carbocycles. The molecule has 2 aliphatic heterocycles. The molecule has 2 saturated heterocycles. The van der Waals surface area contributed by atoms with Gasteiger partial charge in [0.25, 0.3) is 0 Å². The molecule has 2 fully saturated rings. The Kier molecular flexibility index (Phi) is 18.8. The fourth-order valence-corrected chi connectivity index (χ4v) is 15.5. The van der Waals surface area contributed by atoms with Crippen molar-refractivity contribution in [3.63, 3.8) is 0 Å². The van der Waals surface area contributed by atoms with Crippen LogP contribution in [0.1, 0.15) is 128 Å². The molecule has 0 bridgehead atoms. The molecule has 0 saturated carbocycles. The molecule has 18 nitrogen and oxygen atoms in total. The van der Waals surface area contributed by atoms with Crippen LogP contribution in [0.3, 0.4) is 0 Å². The molecular formula is C62H84N8O10S2. The minimum atomic E-state index is -4.14. The Morgan fingerprint density at radius 3 is 1.29 bits per heavy atom. The van der Waals surface area contributed by atoms with Gasteiger partial charge >= 0.3 is 0 Å². The van der Waals surface area contributed by atoms with E-state index in [-0.39, 0.29) is 47.8 Å². The second-order valence-electron chi connectivity index (χ2n) is 25.4. The summed E-state index contributed by atoms with van der Waals surface area (Å²) in [6, 6.07) is 18.9. The highest BCUT2D eigenvalue weighted by Gasteiger charge is 2.49. The lowest BCUT2D eigenvalue weighted by Gasteiger charge is -2.36. The highest BCUT2D eigenvalue weighted by molar-refractivity contribution is 7.91. The SMILES string of the molecule is CN[C@@H](C)C(=O)NC(C(=O)N1C[C@@H](CS(=O)(=O)c2ccc3ccc(S(=O)(=O)C[C@H]4C[C@@H](C(=O)N[C@@H]5CCCc6ccccc65)N(C(=O)[C@@H](NC(=O)[C@H](C)NC)C(C)(C)C)C4)cc3c2)C[C@H]1C(=O)N[C@@H]1CCCc2ccccc21)C(C)(C)C.